The van der Waals surface area contributed by atoms with Gasteiger partial charge < -0.3 is 10.5 Å². The minimum atomic E-state index is -3.67. The summed E-state index contributed by atoms with van der Waals surface area (Å²) in [4.78, 5) is 0. The fourth-order valence-electron chi connectivity index (χ4n) is 2.02. The van der Waals surface area contributed by atoms with E-state index in [4.69, 9.17) is 20.4 Å². The van der Waals surface area contributed by atoms with Crippen LogP contribution in [0.25, 0.3) is 5.57 Å². The van der Waals surface area contributed by atoms with Crippen molar-refractivity contribution >= 4 is 48.6 Å². The Bertz CT molecular complexity index is 764. The zero-order valence-corrected chi connectivity index (χ0v) is 16.3. The van der Waals surface area contributed by atoms with Crippen LogP contribution in [0, 0.1) is 23.0 Å². The predicted molar refractivity (Wildman–Crippen MR) is 98.2 cm³/mol. The summed E-state index contributed by atoms with van der Waals surface area (Å²) in [6.07, 6.45) is 2.50. The van der Waals surface area contributed by atoms with E-state index in [9.17, 15) is 17.2 Å². The quantitative estimate of drug-likeness (QED) is 0.277. The average Bonchev–Trinajstić information content (AvgIpc) is 2.47. The van der Waals surface area contributed by atoms with Crippen molar-refractivity contribution in [3.05, 3.63) is 39.9 Å². The lowest BCUT2D eigenvalue weighted by molar-refractivity contribution is 0.137. The van der Waals surface area contributed by atoms with Gasteiger partial charge in [-0.05, 0) is 27.6 Å². The van der Waals surface area contributed by atoms with Crippen LogP contribution in [0.5, 0.6) is 0 Å². The Balaban J connectivity index is 0.000000550. The number of nitrogens with one attached hydrogen (secondary N) is 1. The standard InChI is InChI=1S/C13H13BrF2N2OS.CH4O3S/c14-10-3-9(11(15)4-12(10)16)8-1-2-19-5-7(8)6-20-13(17)18;1-5(2,3)4/h1,3-4,7H,2,5-6H2,(H3,17,18);1H3,(H,2,3,4). The van der Waals surface area contributed by atoms with E-state index in [2.05, 4.69) is 15.9 Å². The van der Waals surface area contributed by atoms with Crippen LogP contribution in [0.3, 0.4) is 0 Å². The van der Waals surface area contributed by atoms with E-state index in [1.165, 1.54) is 17.8 Å². The van der Waals surface area contributed by atoms with E-state index >= 15 is 0 Å². The van der Waals surface area contributed by atoms with E-state index in [1.807, 2.05) is 0 Å². The van der Waals surface area contributed by atoms with Gasteiger partial charge in [0.2, 0.25) is 0 Å². The number of rotatable bonds is 3. The van der Waals surface area contributed by atoms with Gasteiger partial charge in [-0.1, -0.05) is 17.8 Å². The second-order valence-electron chi connectivity index (χ2n) is 5.05. The maximum atomic E-state index is 14.0. The van der Waals surface area contributed by atoms with Crippen molar-refractivity contribution < 1.29 is 26.5 Å². The first-order chi connectivity index (χ1) is 11.5. The molecule has 1 unspecified atom stereocenters. The zero-order chi connectivity index (χ0) is 19.2. The molecule has 11 heteroatoms. The van der Waals surface area contributed by atoms with Gasteiger partial charge in [0.15, 0.2) is 5.17 Å². The van der Waals surface area contributed by atoms with Gasteiger partial charge in [0.05, 0.1) is 23.9 Å². The van der Waals surface area contributed by atoms with Crippen LogP contribution in [0.15, 0.2) is 22.7 Å². The number of amidine groups is 1. The molecule has 1 aliphatic rings. The molecule has 1 heterocycles. The molecule has 25 heavy (non-hydrogen) atoms. The summed E-state index contributed by atoms with van der Waals surface area (Å²) < 4.78 is 58.7. The van der Waals surface area contributed by atoms with Crippen LogP contribution < -0.4 is 5.73 Å². The molecule has 1 aliphatic heterocycles. The van der Waals surface area contributed by atoms with Crippen LogP contribution in [0.2, 0.25) is 0 Å². The van der Waals surface area contributed by atoms with Crippen molar-refractivity contribution in [1.29, 1.82) is 5.41 Å². The van der Waals surface area contributed by atoms with Crippen molar-refractivity contribution in [3.63, 3.8) is 0 Å². The smallest absolute Gasteiger partial charge is 0.261 e. The van der Waals surface area contributed by atoms with E-state index in [0.717, 1.165) is 11.6 Å². The molecule has 0 radical (unpaired) electrons. The maximum absolute atomic E-state index is 14.0. The molecule has 0 fully saturated rings. The molecular formula is C14H17BrF2N2O4S2. The first-order valence-corrected chi connectivity index (χ1v) is 10.4. The minimum Gasteiger partial charge on any atom is -0.379 e. The summed E-state index contributed by atoms with van der Waals surface area (Å²) in [5.74, 6) is -0.787. The second-order valence-corrected chi connectivity index (χ2v) is 8.43. The molecule has 6 nitrogen and oxygen atoms in total. The van der Waals surface area contributed by atoms with Crippen LogP contribution in [-0.4, -0.2) is 43.4 Å². The monoisotopic (exact) mass is 458 g/mol. The van der Waals surface area contributed by atoms with Crippen LogP contribution in [0.1, 0.15) is 5.56 Å². The first kappa shape index (κ1) is 22.0. The molecule has 1 atom stereocenters. The van der Waals surface area contributed by atoms with Crippen molar-refractivity contribution in [2.75, 3.05) is 25.2 Å². The predicted octanol–water partition coefficient (Wildman–Crippen LogP) is 2.89. The average molecular weight is 459 g/mol. The number of benzene rings is 1. The Labute approximate surface area is 157 Å². The van der Waals surface area contributed by atoms with Gasteiger partial charge in [0.1, 0.15) is 11.6 Å². The molecule has 0 aliphatic carbocycles. The van der Waals surface area contributed by atoms with Gasteiger partial charge in [-0.2, -0.15) is 8.42 Å². The summed E-state index contributed by atoms with van der Waals surface area (Å²) >= 11 is 4.25. The fraction of sp³-hybridized carbons (Fsp3) is 0.357. The summed E-state index contributed by atoms with van der Waals surface area (Å²) in [5, 5.41) is 7.25. The van der Waals surface area contributed by atoms with Gasteiger partial charge in [-0.15, -0.1) is 0 Å². The number of halogens is 3. The van der Waals surface area contributed by atoms with Gasteiger partial charge in [0, 0.05) is 23.3 Å². The molecule has 0 spiro atoms. The molecule has 0 bridgehead atoms. The number of ether oxygens (including phenoxy) is 1. The third-order valence-corrected chi connectivity index (χ3v) is 4.43. The molecule has 2 rings (SSSR count). The highest BCUT2D eigenvalue weighted by molar-refractivity contribution is 9.10. The van der Waals surface area contributed by atoms with Crippen LogP contribution >= 0.6 is 27.7 Å². The van der Waals surface area contributed by atoms with Crippen LogP contribution in [-0.2, 0) is 14.9 Å². The molecule has 0 aromatic heterocycles. The molecule has 1 aromatic rings. The Kier molecular flexibility index (Phi) is 8.48. The summed E-state index contributed by atoms with van der Waals surface area (Å²) in [7, 11) is -3.67. The lowest BCUT2D eigenvalue weighted by Gasteiger charge is -2.25. The number of hydrogen-bond acceptors (Lipinski definition) is 5. The van der Waals surface area contributed by atoms with Gasteiger partial charge in [0.25, 0.3) is 10.1 Å². The topological polar surface area (TPSA) is 113 Å². The van der Waals surface area contributed by atoms with Gasteiger partial charge in [-0.25, -0.2) is 8.78 Å². The zero-order valence-electron chi connectivity index (χ0n) is 13.1. The Morgan fingerprint density at radius 1 is 1.48 bits per heavy atom. The number of hydrogen-bond donors (Lipinski definition) is 3. The highest BCUT2D eigenvalue weighted by Crippen LogP contribution is 2.33. The molecule has 0 amide bonds. The largest absolute Gasteiger partial charge is 0.379 e. The second kappa shape index (κ2) is 9.62. The Morgan fingerprint density at radius 2 is 2.08 bits per heavy atom. The summed E-state index contributed by atoms with van der Waals surface area (Å²) in [6.45, 7) is 0.825. The van der Waals surface area contributed by atoms with Crippen molar-refractivity contribution in [2.45, 2.75) is 0 Å². The van der Waals surface area contributed by atoms with Crippen molar-refractivity contribution in [2.24, 2.45) is 11.7 Å². The third-order valence-electron chi connectivity index (χ3n) is 2.94. The number of thioether (sulfide) groups is 1. The third kappa shape index (κ3) is 8.27. The van der Waals surface area contributed by atoms with Crippen LogP contribution in [0.4, 0.5) is 8.78 Å². The number of nitrogens with two attached hydrogens (primary N) is 1. The molecular weight excluding hydrogens is 442 g/mol. The van der Waals surface area contributed by atoms with E-state index in [-0.39, 0.29) is 15.6 Å². The highest BCUT2D eigenvalue weighted by Gasteiger charge is 2.23. The van der Waals surface area contributed by atoms with Crippen molar-refractivity contribution in [3.8, 4) is 0 Å². The minimum absolute atomic E-state index is 0.00989. The lowest BCUT2D eigenvalue weighted by Crippen LogP contribution is -2.21. The molecule has 1 aromatic carbocycles. The van der Waals surface area contributed by atoms with E-state index in [1.54, 1.807) is 6.08 Å². The SMILES string of the molecule is CS(=O)(=O)O.N=C(N)SCC1COCC=C1c1cc(Br)c(F)cc1F. The maximum Gasteiger partial charge on any atom is 0.261 e. The summed E-state index contributed by atoms with van der Waals surface area (Å²) in [6, 6.07) is 2.30. The lowest BCUT2D eigenvalue weighted by atomic mass is 9.92. The molecule has 4 N–H and O–H groups in total. The molecule has 140 valence electrons. The first-order valence-electron chi connectivity index (χ1n) is 6.81. The normalized spacial score (nSPS) is 17.3. The van der Waals surface area contributed by atoms with E-state index in [0.29, 0.717) is 30.8 Å². The fourth-order valence-corrected chi connectivity index (χ4v) is 3.02. The highest BCUT2D eigenvalue weighted by atomic mass is 79.9. The van der Waals surface area contributed by atoms with Gasteiger partial charge >= 0.3 is 0 Å². The van der Waals surface area contributed by atoms with E-state index < -0.39 is 21.8 Å². The Hall–Kier alpha value is -1.01. The summed E-state index contributed by atoms with van der Waals surface area (Å²) in [5.41, 5.74) is 6.45. The molecule has 0 saturated heterocycles. The van der Waals surface area contributed by atoms with Crippen molar-refractivity contribution in [1.82, 2.24) is 0 Å². The molecule has 0 saturated carbocycles. The Morgan fingerprint density at radius 3 is 2.64 bits per heavy atom. The van der Waals surface area contributed by atoms with Gasteiger partial charge in [-0.3, -0.25) is 9.96 Å².